The minimum atomic E-state index is -0.282. The number of carbonyl (C=O) groups is 2. The number of hydrogen-bond donors (Lipinski definition) is 1. The molecule has 4 rings (SSSR count). The van der Waals surface area contributed by atoms with Crippen LogP contribution in [0.2, 0.25) is 5.02 Å². The summed E-state index contributed by atoms with van der Waals surface area (Å²) in [5.74, 6) is 0.178. The van der Waals surface area contributed by atoms with E-state index in [1.54, 1.807) is 24.3 Å². The van der Waals surface area contributed by atoms with Gasteiger partial charge in [-0.2, -0.15) is 0 Å². The summed E-state index contributed by atoms with van der Waals surface area (Å²) >= 11 is 9.03. The molecule has 1 aliphatic rings. The van der Waals surface area contributed by atoms with Gasteiger partial charge in [0.15, 0.2) is 5.17 Å². The number of nitrogens with one attached hydrogen (secondary N) is 1. The van der Waals surface area contributed by atoms with Crippen molar-refractivity contribution in [3.05, 3.63) is 87.2 Å². The fraction of sp³-hybridized carbons (Fsp3) is 0.160. The highest BCUT2D eigenvalue weighted by atomic mass is 35.5. The highest BCUT2D eigenvalue weighted by molar-refractivity contribution is 8.14. The van der Waals surface area contributed by atoms with Crippen molar-refractivity contribution >= 4 is 63.4 Å². The normalized spacial score (nSPS) is 15.4. The van der Waals surface area contributed by atoms with E-state index in [-0.39, 0.29) is 23.6 Å². The van der Waals surface area contributed by atoms with Gasteiger partial charge >= 0.3 is 0 Å². The van der Waals surface area contributed by atoms with Gasteiger partial charge in [0.25, 0.3) is 5.91 Å². The van der Waals surface area contributed by atoms with Crippen LogP contribution in [0.25, 0.3) is 6.08 Å². The molecule has 0 radical (unpaired) electrons. The van der Waals surface area contributed by atoms with Crippen molar-refractivity contribution in [2.75, 3.05) is 17.8 Å². The fourth-order valence-corrected chi connectivity index (χ4v) is 5.09. The monoisotopic (exact) mass is 511 g/mol. The number of halogens is 1. The van der Waals surface area contributed by atoms with E-state index in [1.807, 2.05) is 54.8 Å². The second-order valence-corrected chi connectivity index (χ2v) is 9.72. The van der Waals surface area contributed by atoms with E-state index in [1.165, 1.54) is 35.1 Å². The molecule has 0 aliphatic carbocycles. The number of amidine groups is 1. The SMILES string of the molecule is COc1ccc(N2C(=O)C(=Cc3cccs3)N=C2SCC(=O)NC(C)c2ccccc2)cc1Cl. The molecule has 3 aromatic rings. The number of anilines is 1. The van der Waals surface area contributed by atoms with Gasteiger partial charge in [-0.3, -0.25) is 14.5 Å². The number of rotatable bonds is 7. The van der Waals surface area contributed by atoms with Crippen LogP contribution >= 0.6 is 34.7 Å². The Morgan fingerprint density at radius 3 is 2.71 bits per heavy atom. The molecule has 0 saturated carbocycles. The van der Waals surface area contributed by atoms with E-state index in [0.717, 1.165) is 10.4 Å². The molecular formula is C25H22ClN3O3S2. The van der Waals surface area contributed by atoms with Crippen LogP contribution in [0.1, 0.15) is 23.4 Å². The summed E-state index contributed by atoms with van der Waals surface area (Å²) in [5.41, 5.74) is 1.87. The average molecular weight is 512 g/mol. The molecule has 174 valence electrons. The molecule has 0 bridgehead atoms. The van der Waals surface area contributed by atoms with Crippen LogP contribution in [0.15, 0.2) is 76.7 Å². The molecular weight excluding hydrogens is 490 g/mol. The van der Waals surface area contributed by atoms with Gasteiger partial charge in [-0.15, -0.1) is 11.3 Å². The maximum absolute atomic E-state index is 13.3. The number of carbonyl (C=O) groups excluding carboxylic acids is 2. The van der Waals surface area contributed by atoms with Gasteiger partial charge in [0, 0.05) is 4.88 Å². The number of thioether (sulfide) groups is 1. The maximum Gasteiger partial charge on any atom is 0.283 e. The van der Waals surface area contributed by atoms with E-state index in [2.05, 4.69) is 10.3 Å². The first kappa shape index (κ1) is 24.1. The van der Waals surface area contributed by atoms with Gasteiger partial charge in [0.05, 0.1) is 29.6 Å². The van der Waals surface area contributed by atoms with Crippen LogP contribution in [0.3, 0.4) is 0 Å². The lowest BCUT2D eigenvalue weighted by Gasteiger charge is -2.19. The number of amides is 2. The average Bonchev–Trinajstić information content (AvgIpc) is 3.46. The number of thiophene rings is 1. The summed E-state index contributed by atoms with van der Waals surface area (Å²) in [5, 5.41) is 5.71. The minimum Gasteiger partial charge on any atom is -0.495 e. The highest BCUT2D eigenvalue weighted by Gasteiger charge is 2.33. The summed E-state index contributed by atoms with van der Waals surface area (Å²) in [6.07, 6.45) is 1.75. The predicted molar refractivity (Wildman–Crippen MR) is 141 cm³/mol. The van der Waals surface area contributed by atoms with E-state index in [4.69, 9.17) is 16.3 Å². The lowest BCUT2D eigenvalue weighted by molar-refractivity contribution is -0.119. The van der Waals surface area contributed by atoms with Crippen LogP contribution in [-0.2, 0) is 9.59 Å². The van der Waals surface area contributed by atoms with Crippen molar-refractivity contribution in [3.63, 3.8) is 0 Å². The van der Waals surface area contributed by atoms with Crippen LogP contribution in [0.5, 0.6) is 5.75 Å². The standard InChI is InChI=1S/C25H22ClN3O3S2/c1-16(17-7-4-3-5-8-17)27-23(30)15-34-25-28-21(14-19-9-6-12-33-19)24(31)29(25)18-10-11-22(32-2)20(26)13-18/h3-14,16H,15H2,1-2H3,(H,27,30). The summed E-state index contributed by atoms with van der Waals surface area (Å²) < 4.78 is 5.23. The zero-order valence-corrected chi connectivity index (χ0v) is 20.9. The molecule has 1 N–H and O–H groups in total. The largest absolute Gasteiger partial charge is 0.495 e. The molecule has 6 nitrogen and oxygen atoms in total. The number of methoxy groups -OCH3 is 1. The Kier molecular flexibility index (Phi) is 7.72. The van der Waals surface area contributed by atoms with Crippen LogP contribution in [0, 0.1) is 0 Å². The number of aliphatic imine (C=N–C) groups is 1. The van der Waals surface area contributed by atoms with Gasteiger partial charge in [-0.25, -0.2) is 4.99 Å². The van der Waals surface area contributed by atoms with Crippen LogP contribution in [0.4, 0.5) is 5.69 Å². The molecule has 1 unspecified atom stereocenters. The molecule has 0 fully saturated rings. The second kappa shape index (κ2) is 10.9. The third kappa shape index (κ3) is 5.52. The first-order chi connectivity index (χ1) is 16.5. The first-order valence-corrected chi connectivity index (χ1v) is 12.7. The predicted octanol–water partition coefficient (Wildman–Crippen LogP) is 5.76. The molecule has 34 heavy (non-hydrogen) atoms. The van der Waals surface area contributed by atoms with Gasteiger partial charge in [0.2, 0.25) is 5.91 Å². The summed E-state index contributed by atoms with van der Waals surface area (Å²) in [4.78, 5) is 32.9. The molecule has 0 spiro atoms. The lowest BCUT2D eigenvalue weighted by atomic mass is 10.1. The smallest absolute Gasteiger partial charge is 0.283 e. The third-order valence-electron chi connectivity index (χ3n) is 5.05. The second-order valence-electron chi connectivity index (χ2n) is 7.39. The van der Waals surface area contributed by atoms with Crippen LogP contribution < -0.4 is 15.0 Å². The quantitative estimate of drug-likeness (QED) is 0.409. The molecule has 2 aromatic carbocycles. The number of nitrogens with zero attached hydrogens (tertiary/aromatic N) is 2. The summed E-state index contributed by atoms with van der Waals surface area (Å²) in [6, 6.07) is 18.5. The van der Waals surface area contributed by atoms with E-state index in [9.17, 15) is 9.59 Å². The lowest BCUT2D eigenvalue weighted by Crippen LogP contribution is -2.33. The highest BCUT2D eigenvalue weighted by Crippen LogP contribution is 2.34. The van der Waals surface area contributed by atoms with Crippen molar-refractivity contribution in [2.24, 2.45) is 4.99 Å². The number of hydrogen-bond acceptors (Lipinski definition) is 6. The van der Waals surface area contributed by atoms with Gasteiger partial charge < -0.3 is 10.1 Å². The van der Waals surface area contributed by atoms with Crippen molar-refractivity contribution in [3.8, 4) is 5.75 Å². The summed E-state index contributed by atoms with van der Waals surface area (Å²) in [7, 11) is 1.53. The zero-order valence-electron chi connectivity index (χ0n) is 18.5. The van der Waals surface area contributed by atoms with Crippen molar-refractivity contribution in [2.45, 2.75) is 13.0 Å². The summed E-state index contributed by atoms with van der Waals surface area (Å²) in [6.45, 7) is 1.93. The van der Waals surface area contributed by atoms with E-state index in [0.29, 0.717) is 27.3 Å². The zero-order chi connectivity index (χ0) is 24.1. The van der Waals surface area contributed by atoms with Gasteiger partial charge in [-0.05, 0) is 48.2 Å². The number of benzene rings is 2. The molecule has 9 heteroatoms. The Labute approximate surface area is 211 Å². The van der Waals surface area contributed by atoms with Gasteiger partial charge in [0.1, 0.15) is 11.4 Å². The number of ether oxygens (including phenoxy) is 1. The fourth-order valence-electron chi connectivity index (χ4n) is 3.36. The van der Waals surface area contributed by atoms with E-state index < -0.39 is 0 Å². The molecule has 2 amide bonds. The molecule has 1 atom stereocenters. The van der Waals surface area contributed by atoms with Crippen LogP contribution in [-0.4, -0.2) is 29.8 Å². The third-order valence-corrected chi connectivity index (χ3v) is 7.11. The van der Waals surface area contributed by atoms with Gasteiger partial charge in [-0.1, -0.05) is 59.8 Å². The van der Waals surface area contributed by atoms with Crippen molar-refractivity contribution in [1.29, 1.82) is 0 Å². The van der Waals surface area contributed by atoms with Crippen molar-refractivity contribution in [1.82, 2.24) is 5.32 Å². The molecule has 1 aromatic heterocycles. The topological polar surface area (TPSA) is 71.0 Å². The maximum atomic E-state index is 13.3. The minimum absolute atomic E-state index is 0.107. The molecule has 2 heterocycles. The Balaban J connectivity index is 1.54. The Morgan fingerprint density at radius 2 is 2.03 bits per heavy atom. The van der Waals surface area contributed by atoms with Crippen molar-refractivity contribution < 1.29 is 14.3 Å². The van der Waals surface area contributed by atoms with E-state index >= 15 is 0 Å². The molecule has 0 saturated heterocycles. The Hall–Kier alpha value is -3.07. The first-order valence-electron chi connectivity index (χ1n) is 10.4. The molecule has 1 aliphatic heterocycles. The Bertz CT molecular complexity index is 1240. The Morgan fingerprint density at radius 1 is 1.24 bits per heavy atom.